The van der Waals surface area contributed by atoms with Crippen molar-refractivity contribution in [2.24, 2.45) is 0 Å². The molecule has 0 amide bonds. The molecule has 2 fully saturated rings. The Kier molecular flexibility index (Phi) is 11.7. The normalized spacial score (nSPS) is 31.0. The van der Waals surface area contributed by atoms with Crippen LogP contribution in [0.1, 0.15) is 28.7 Å². The number of aliphatic hydroxyl groups excluding tert-OH is 9. The second kappa shape index (κ2) is 16.8. The van der Waals surface area contributed by atoms with Crippen molar-refractivity contribution in [3.63, 3.8) is 0 Å². The zero-order chi connectivity index (χ0) is 44.3. The van der Waals surface area contributed by atoms with Crippen molar-refractivity contribution in [3.8, 4) is 57.3 Å². The van der Waals surface area contributed by atoms with Gasteiger partial charge in [-0.1, -0.05) is 12.1 Å². The molecule has 13 unspecified atom stereocenters. The lowest BCUT2D eigenvalue weighted by Gasteiger charge is -2.40. The summed E-state index contributed by atoms with van der Waals surface area (Å²) in [6, 6.07) is 15.3. The molecular formula is C42H43O20+. The molecule has 0 bridgehead atoms. The molecule has 5 aromatic rings. The topological polar surface area (TPSA) is 341 Å². The van der Waals surface area contributed by atoms with Crippen LogP contribution in [0.15, 0.2) is 77.2 Å². The zero-order valence-corrected chi connectivity index (χ0v) is 32.1. The first-order valence-electron chi connectivity index (χ1n) is 19.2. The highest BCUT2D eigenvalue weighted by atomic mass is 16.7. The first kappa shape index (κ1) is 42.9. The fourth-order valence-corrected chi connectivity index (χ4v) is 7.93. The van der Waals surface area contributed by atoms with E-state index in [4.69, 9.17) is 28.1 Å². The number of phenolic OH excluding ortho intramolecular Hbond substituents is 5. The average Bonchev–Trinajstić information content (AvgIpc) is 3.25. The van der Waals surface area contributed by atoms with Gasteiger partial charge >= 0.3 is 11.3 Å². The Morgan fingerprint density at radius 3 is 1.63 bits per heavy atom. The molecule has 0 aliphatic carbocycles. The third-order valence-corrected chi connectivity index (χ3v) is 11.2. The van der Waals surface area contributed by atoms with E-state index in [-0.39, 0.29) is 56.4 Å². The summed E-state index contributed by atoms with van der Waals surface area (Å²) in [7, 11) is 0. The quantitative estimate of drug-likeness (QED) is 0.0860. The Balaban J connectivity index is 1.39. The summed E-state index contributed by atoms with van der Waals surface area (Å²) in [6.45, 7) is -1.62. The molecule has 330 valence electrons. The van der Waals surface area contributed by atoms with Crippen molar-refractivity contribution in [1.29, 1.82) is 0 Å². The van der Waals surface area contributed by atoms with Crippen LogP contribution in [0.25, 0.3) is 22.3 Å². The molecule has 0 radical (unpaired) electrons. The van der Waals surface area contributed by atoms with E-state index in [2.05, 4.69) is 0 Å². The van der Waals surface area contributed by atoms with Crippen molar-refractivity contribution < 1.29 is 99.6 Å². The lowest BCUT2D eigenvalue weighted by molar-refractivity contribution is -0.277. The van der Waals surface area contributed by atoms with E-state index >= 15 is 0 Å². The number of aromatic hydroxyl groups is 5. The Morgan fingerprint density at radius 1 is 0.532 bits per heavy atom. The molecule has 2 saturated heterocycles. The monoisotopic (exact) mass is 867 g/mol. The summed E-state index contributed by atoms with van der Waals surface area (Å²) in [6.07, 6.45) is -20.7. The average molecular weight is 868 g/mol. The highest BCUT2D eigenvalue weighted by Crippen LogP contribution is 2.55. The number of rotatable bonds is 9. The number of ether oxygens (including phenoxy) is 5. The van der Waals surface area contributed by atoms with Gasteiger partial charge < -0.3 is 95.2 Å². The van der Waals surface area contributed by atoms with Gasteiger partial charge in [0.25, 0.3) is 0 Å². The summed E-state index contributed by atoms with van der Waals surface area (Å²) in [5.41, 5.74) is -0.229. The lowest BCUT2D eigenvalue weighted by atomic mass is 9.78. The Hall–Kier alpha value is -5.75. The van der Waals surface area contributed by atoms with Crippen LogP contribution in [0, 0.1) is 0 Å². The van der Waals surface area contributed by atoms with Gasteiger partial charge in [-0.2, -0.15) is 0 Å². The van der Waals surface area contributed by atoms with E-state index in [9.17, 15) is 71.5 Å². The number of fused-ring (bicyclic) bond motifs is 2. The third-order valence-electron chi connectivity index (χ3n) is 11.2. The molecule has 3 aliphatic rings. The molecule has 20 nitrogen and oxygen atoms in total. The van der Waals surface area contributed by atoms with Crippen LogP contribution in [0.2, 0.25) is 0 Å². The summed E-state index contributed by atoms with van der Waals surface area (Å²) >= 11 is 0. The van der Waals surface area contributed by atoms with Crippen molar-refractivity contribution in [2.45, 2.75) is 79.5 Å². The van der Waals surface area contributed by atoms with Gasteiger partial charge in [-0.15, -0.1) is 0 Å². The number of aliphatic hydroxyl groups is 9. The number of hydrogen-bond acceptors (Lipinski definition) is 19. The molecule has 0 spiro atoms. The van der Waals surface area contributed by atoms with Crippen LogP contribution in [-0.2, 0) is 9.47 Å². The molecule has 4 aromatic carbocycles. The van der Waals surface area contributed by atoms with Crippen LogP contribution in [0.5, 0.6) is 46.0 Å². The van der Waals surface area contributed by atoms with Crippen molar-refractivity contribution in [1.82, 2.24) is 0 Å². The van der Waals surface area contributed by atoms with E-state index in [1.807, 2.05) is 0 Å². The standard InChI is InChI=1S/C42H42O20/c43-13-26-31(50)34(53)36(55)41(60-26)58-23-12-22(49)29(30-28-21(48)9-19(47)10-24(28)57-39(33(30)52)16-3-7-18(46)8-4-16)40-20(23)11-25(38(62-40)15-1-5-17(45)6-2-15)59-42-37(56)35(54)32(51)27(14-44)61-42/h1-12,26-27,30-37,39,41-44,50-56H,13-14H2,(H4-,45,46,47,48,49)/p+1. The maximum Gasteiger partial charge on any atom is 0.402 e. The smallest absolute Gasteiger partial charge is 0.402 e. The fourth-order valence-electron chi connectivity index (χ4n) is 7.93. The molecule has 20 heteroatoms. The van der Waals surface area contributed by atoms with E-state index in [1.54, 1.807) is 0 Å². The van der Waals surface area contributed by atoms with Gasteiger partial charge in [-0.25, -0.2) is 4.42 Å². The second-order valence-electron chi connectivity index (χ2n) is 15.1. The minimum atomic E-state index is -1.96. The molecule has 1 aromatic heterocycles. The highest BCUT2D eigenvalue weighted by molar-refractivity contribution is 5.93. The first-order valence-corrected chi connectivity index (χ1v) is 19.2. The molecule has 62 heavy (non-hydrogen) atoms. The Morgan fingerprint density at radius 2 is 1.06 bits per heavy atom. The van der Waals surface area contributed by atoms with Crippen molar-refractivity contribution in [2.75, 3.05) is 13.2 Å². The maximum atomic E-state index is 12.3. The summed E-state index contributed by atoms with van der Waals surface area (Å²) < 4.78 is 36.1. The van der Waals surface area contributed by atoms with E-state index in [0.29, 0.717) is 5.56 Å². The van der Waals surface area contributed by atoms with Gasteiger partial charge in [0.1, 0.15) is 106 Å². The zero-order valence-electron chi connectivity index (χ0n) is 32.1. The minimum absolute atomic E-state index is 0.104. The van der Waals surface area contributed by atoms with Gasteiger partial charge in [0.2, 0.25) is 18.3 Å². The second-order valence-corrected chi connectivity index (χ2v) is 15.1. The molecule has 0 saturated carbocycles. The van der Waals surface area contributed by atoms with Crippen molar-refractivity contribution in [3.05, 3.63) is 89.5 Å². The number of hydrogen-bond donors (Lipinski definition) is 14. The predicted octanol–water partition coefficient (Wildman–Crippen LogP) is -0.107. The largest absolute Gasteiger partial charge is 0.508 e. The predicted molar refractivity (Wildman–Crippen MR) is 207 cm³/mol. The van der Waals surface area contributed by atoms with Crippen LogP contribution in [-0.4, -0.2) is 152 Å². The van der Waals surface area contributed by atoms with Gasteiger partial charge in [-0.05, 0) is 42.0 Å². The van der Waals surface area contributed by atoms with Gasteiger partial charge in [-0.3, -0.25) is 0 Å². The van der Waals surface area contributed by atoms with E-state index in [1.165, 1.54) is 60.7 Å². The molecule has 3 aliphatic heterocycles. The van der Waals surface area contributed by atoms with Crippen LogP contribution in [0.4, 0.5) is 0 Å². The number of benzene rings is 4. The Labute approximate surface area is 349 Å². The molecule has 8 rings (SSSR count). The SMILES string of the molecule is OCC1OC(Oc2cc3c(OC4OC(CO)C(O)C(O)C4O)cc(O)c(C4c5c(O)cc(O)cc5OC(c5ccc(O)cc5)C4O)c3[o+]c2-c2ccc(O)cc2)C(O)C(O)C1O. The molecule has 4 heterocycles. The molecule has 14 N–H and O–H groups in total. The van der Waals surface area contributed by atoms with Gasteiger partial charge in [0.15, 0.2) is 6.10 Å². The van der Waals surface area contributed by atoms with Crippen LogP contribution >= 0.6 is 0 Å². The third kappa shape index (κ3) is 7.60. The van der Waals surface area contributed by atoms with Crippen LogP contribution in [0.3, 0.4) is 0 Å². The first-order chi connectivity index (χ1) is 29.6. The van der Waals surface area contributed by atoms with Crippen LogP contribution < -0.4 is 14.2 Å². The maximum absolute atomic E-state index is 12.3. The highest BCUT2D eigenvalue weighted by Gasteiger charge is 2.49. The van der Waals surface area contributed by atoms with E-state index in [0.717, 1.165) is 12.1 Å². The molecule has 13 atom stereocenters. The lowest BCUT2D eigenvalue weighted by Crippen LogP contribution is -2.60. The van der Waals surface area contributed by atoms with E-state index < -0.39 is 116 Å². The Bertz CT molecular complexity index is 2410. The summed E-state index contributed by atoms with van der Waals surface area (Å²) in [4.78, 5) is 0. The van der Waals surface area contributed by atoms with Gasteiger partial charge in [0, 0.05) is 29.8 Å². The summed E-state index contributed by atoms with van der Waals surface area (Å²) in [5.74, 6) is -4.53. The summed E-state index contributed by atoms with van der Waals surface area (Å²) in [5, 5.41) is 150. The minimum Gasteiger partial charge on any atom is -0.508 e. The van der Waals surface area contributed by atoms with Gasteiger partial charge in [0.05, 0.1) is 24.7 Å². The van der Waals surface area contributed by atoms with Crippen molar-refractivity contribution >= 4 is 11.0 Å². The molecular weight excluding hydrogens is 824 g/mol. The number of phenols is 5. The fraction of sp³-hybridized carbons (Fsp3) is 0.357.